The Morgan fingerprint density at radius 1 is 1.04 bits per heavy atom. The minimum Gasteiger partial charge on any atom is -0.494 e. The van der Waals surface area contributed by atoms with Gasteiger partial charge in [-0.1, -0.05) is 6.92 Å². The number of rotatable bonds is 7. The molecule has 1 aliphatic heterocycles. The Morgan fingerprint density at radius 3 is 2.54 bits per heavy atom. The van der Waals surface area contributed by atoms with E-state index in [1.165, 1.54) is 0 Å². The third kappa shape index (κ3) is 5.39. The molecule has 1 amide bonds. The van der Waals surface area contributed by atoms with Crippen molar-refractivity contribution in [3.05, 3.63) is 48.0 Å². The second-order valence-electron chi connectivity index (χ2n) is 6.21. The van der Waals surface area contributed by atoms with Gasteiger partial charge in [-0.25, -0.2) is 4.79 Å². The number of nitrogens with one attached hydrogen (secondary N) is 1. The molecular formula is C21H23NO6. The quantitative estimate of drug-likeness (QED) is 0.735. The number of fused-ring (bicyclic) bond motifs is 1. The fourth-order valence-electron chi connectivity index (χ4n) is 2.56. The summed E-state index contributed by atoms with van der Waals surface area (Å²) in [5, 5.41) is 2.68. The van der Waals surface area contributed by atoms with Crippen molar-refractivity contribution < 1.29 is 28.5 Å². The van der Waals surface area contributed by atoms with Gasteiger partial charge in [0, 0.05) is 18.2 Å². The fourth-order valence-corrected chi connectivity index (χ4v) is 2.56. The summed E-state index contributed by atoms with van der Waals surface area (Å²) < 4.78 is 21.7. The van der Waals surface area contributed by atoms with Crippen LogP contribution in [0.4, 0.5) is 5.69 Å². The lowest BCUT2D eigenvalue weighted by Gasteiger charge is -2.11. The highest BCUT2D eigenvalue weighted by Crippen LogP contribution is 2.32. The molecule has 0 bridgehead atoms. The van der Waals surface area contributed by atoms with Gasteiger partial charge in [0.25, 0.3) is 5.91 Å². The summed E-state index contributed by atoms with van der Waals surface area (Å²) in [6.07, 6.45) is 1.71. The number of hydrogen-bond donors (Lipinski definition) is 1. The van der Waals surface area contributed by atoms with Crippen LogP contribution in [0.25, 0.3) is 0 Å². The summed E-state index contributed by atoms with van der Waals surface area (Å²) in [5.74, 6) is 0.901. The van der Waals surface area contributed by atoms with E-state index in [1.54, 1.807) is 42.5 Å². The molecule has 28 heavy (non-hydrogen) atoms. The zero-order valence-electron chi connectivity index (χ0n) is 15.7. The fraction of sp³-hybridized carbons (Fsp3) is 0.333. The van der Waals surface area contributed by atoms with Crippen molar-refractivity contribution in [2.45, 2.75) is 19.8 Å². The molecule has 0 saturated carbocycles. The van der Waals surface area contributed by atoms with Crippen molar-refractivity contribution in [2.24, 2.45) is 0 Å². The largest absolute Gasteiger partial charge is 0.494 e. The van der Waals surface area contributed by atoms with Crippen LogP contribution in [0.15, 0.2) is 42.5 Å². The zero-order chi connectivity index (χ0) is 19.8. The molecule has 0 radical (unpaired) electrons. The van der Waals surface area contributed by atoms with Crippen LogP contribution in [0, 0.1) is 0 Å². The molecule has 0 aromatic heterocycles. The number of esters is 1. The van der Waals surface area contributed by atoms with Gasteiger partial charge in [0.15, 0.2) is 18.1 Å². The van der Waals surface area contributed by atoms with Crippen molar-refractivity contribution in [3.8, 4) is 17.2 Å². The lowest BCUT2D eigenvalue weighted by molar-refractivity contribution is -0.119. The normalized spacial score (nSPS) is 12.6. The molecule has 3 rings (SSSR count). The standard InChI is InChI=1S/C21H23NO6/c1-2-10-25-17-7-4-15(5-8-17)21(24)28-14-20(23)22-16-6-9-18-19(13-16)27-12-3-11-26-18/h4-9,13H,2-3,10-12,14H2,1H3,(H,22,23). The van der Waals surface area contributed by atoms with Gasteiger partial charge >= 0.3 is 5.97 Å². The van der Waals surface area contributed by atoms with E-state index >= 15 is 0 Å². The topological polar surface area (TPSA) is 83.1 Å². The van der Waals surface area contributed by atoms with E-state index in [1.807, 2.05) is 6.92 Å². The van der Waals surface area contributed by atoms with Crippen molar-refractivity contribution in [1.29, 1.82) is 0 Å². The molecule has 0 spiro atoms. The maximum atomic E-state index is 12.1. The van der Waals surface area contributed by atoms with Crippen molar-refractivity contribution >= 4 is 17.6 Å². The van der Waals surface area contributed by atoms with Gasteiger partial charge < -0.3 is 24.3 Å². The summed E-state index contributed by atoms with van der Waals surface area (Å²) in [5.41, 5.74) is 0.898. The summed E-state index contributed by atoms with van der Waals surface area (Å²) in [4.78, 5) is 24.2. The van der Waals surface area contributed by atoms with Gasteiger partial charge in [-0.05, 0) is 42.8 Å². The maximum absolute atomic E-state index is 12.1. The lowest BCUT2D eigenvalue weighted by Crippen LogP contribution is -2.21. The SMILES string of the molecule is CCCOc1ccc(C(=O)OCC(=O)Nc2ccc3c(c2)OCCCO3)cc1. The van der Waals surface area contributed by atoms with Gasteiger partial charge in [-0.3, -0.25) is 4.79 Å². The summed E-state index contributed by atoms with van der Waals surface area (Å²) in [6, 6.07) is 11.8. The summed E-state index contributed by atoms with van der Waals surface area (Å²) in [7, 11) is 0. The zero-order valence-corrected chi connectivity index (χ0v) is 15.7. The third-order valence-corrected chi connectivity index (χ3v) is 3.93. The summed E-state index contributed by atoms with van der Waals surface area (Å²) in [6.45, 7) is 3.40. The van der Waals surface area contributed by atoms with Crippen LogP contribution < -0.4 is 19.5 Å². The van der Waals surface area contributed by atoms with Crippen LogP contribution in [0.1, 0.15) is 30.1 Å². The Labute approximate surface area is 163 Å². The first-order chi connectivity index (χ1) is 13.7. The lowest BCUT2D eigenvalue weighted by atomic mass is 10.2. The number of ether oxygens (including phenoxy) is 4. The van der Waals surface area contributed by atoms with E-state index < -0.39 is 11.9 Å². The summed E-state index contributed by atoms with van der Waals surface area (Å²) >= 11 is 0. The number of hydrogen-bond acceptors (Lipinski definition) is 6. The van der Waals surface area contributed by atoms with Crippen LogP contribution in [0.2, 0.25) is 0 Å². The molecule has 2 aromatic rings. The van der Waals surface area contributed by atoms with E-state index in [9.17, 15) is 9.59 Å². The molecule has 1 heterocycles. The third-order valence-electron chi connectivity index (χ3n) is 3.93. The van der Waals surface area contributed by atoms with E-state index in [0.29, 0.717) is 48.3 Å². The number of benzene rings is 2. The monoisotopic (exact) mass is 385 g/mol. The van der Waals surface area contributed by atoms with E-state index in [-0.39, 0.29) is 6.61 Å². The van der Waals surface area contributed by atoms with Crippen LogP contribution >= 0.6 is 0 Å². The predicted octanol–water partition coefficient (Wildman–Crippen LogP) is 3.43. The molecule has 1 aliphatic rings. The van der Waals surface area contributed by atoms with Gasteiger partial charge in [-0.15, -0.1) is 0 Å². The molecule has 0 atom stereocenters. The highest BCUT2D eigenvalue weighted by atomic mass is 16.5. The minimum absolute atomic E-state index is 0.354. The Balaban J connectivity index is 1.50. The second-order valence-corrected chi connectivity index (χ2v) is 6.21. The number of carbonyl (C=O) groups excluding carboxylic acids is 2. The first-order valence-electron chi connectivity index (χ1n) is 9.25. The Bertz CT molecular complexity index is 818. The van der Waals surface area contributed by atoms with Crippen LogP contribution in [0.3, 0.4) is 0 Å². The molecule has 0 aliphatic carbocycles. The first-order valence-corrected chi connectivity index (χ1v) is 9.25. The van der Waals surface area contributed by atoms with Gasteiger partial charge in [-0.2, -0.15) is 0 Å². The molecule has 2 aromatic carbocycles. The number of carbonyl (C=O) groups is 2. The molecule has 0 unspecified atom stereocenters. The highest BCUT2D eigenvalue weighted by Gasteiger charge is 2.14. The Kier molecular flexibility index (Phi) is 6.73. The smallest absolute Gasteiger partial charge is 0.338 e. The van der Waals surface area contributed by atoms with Crippen LogP contribution in [-0.4, -0.2) is 38.3 Å². The minimum atomic E-state index is -0.573. The first kappa shape index (κ1) is 19.5. The Morgan fingerprint density at radius 2 is 1.79 bits per heavy atom. The average Bonchev–Trinajstić information content (AvgIpc) is 2.96. The molecule has 7 nitrogen and oxygen atoms in total. The maximum Gasteiger partial charge on any atom is 0.338 e. The van der Waals surface area contributed by atoms with Crippen molar-refractivity contribution in [2.75, 3.05) is 31.7 Å². The molecule has 1 N–H and O–H groups in total. The molecule has 7 heteroatoms. The molecule has 148 valence electrons. The Hall–Kier alpha value is -3.22. The molecule has 0 fully saturated rings. The van der Waals surface area contributed by atoms with Crippen LogP contribution in [0.5, 0.6) is 17.2 Å². The predicted molar refractivity (Wildman–Crippen MR) is 103 cm³/mol. The van der Waals surface area contributed by atoms with Gasteiger partial charge in [0.2, 0.25) is 0 Å². The molecular weight excluding hydrogens is 362 g/mol. The van der Waals surface area contributed by atoms with E-state index in [0.717, 1.165) is 12.8 Å². The molecule has 0 saturated heterocycles. The highest BCUT2D eigenvalue weighted by molar-refractivity contribution is 5.95. The van der Waals surface area contributed by atoms with Crippen molar-refractivity contribution in [3.63, 3.8) is 0 Å². The van der Waals surface area contributed by atoms with E-state index in [2.05, 4.69) is 5.32 Å². The van der Waals surface area contributed by atoms with Crippen LogP contribution in [-0.2, 0) is 9.53 Å². The number of anilines is 1. The van der Waals surface area contributed by atoms with Crippen molar-refractivity contribution in [1.82, 2.24) is 0 Å². The average molecular weight is 385 g/mol. The van der Waals surface area contributed by atoms with E-state index in [4.69, 9.17) is 18.9 Å². The number of amides is 1. The van der Waals surface area contributed by atoms with Gasteiger partial charge in [0.05, 0.1) is 25.4 Å². The second kappa shape index (κ2) is 9.64. The van der Waals surface area contributed by atoms with Gasteiger partial charge in [0.1, 0.15) is 5.75 Å².